The first-order valence-corrected chi connectivity index (χ1v) is 6.28. The number of carboxylic acid groups (broad SMARTS) is 1. The number of ether oxygens (including phenoxy) is 1. The van der Waals surface area contributed by atoms with Gasteiger partial charge in [-0.25, -0.2) is 0 Å². The summed E-state index contributed by atoms with van der Waals surface area (Å²) in [5.41, 5.74) is 5.40. The molecule has 94 valence electrons. The number of hydrogen-bond donors (Lipinski definition) is 2. The summed E-state index contributed by atoms with van der Waals surface area (Å²) >= 11 is 0. The zero-order chi connectivity index (χ0) is 11.8. The number of carboxylic acids is 1. The number of carbonyl (C=O) groups is 1. The standard InChI is InChI=1S/C12H23NO3/c13-8-2-1-4-10(12(14)15)6-7-11-5-3-9-16-11/h10-11H,1-9,13H2,(H,14,15). The molecule has 0 aromatic rings. The Morgan fingerprint density at radius 1 is 1.44 bits per heavy atom. The van der Waals surface area contributed by atoms with E-state index in [9.17, 15) is 4.79 Å². The highest BCUT2D eigenvalue weighted by Crippen LogP contribution is 2.22. The molecule has 1 rings (SSSR count). The SMILES string of the molecule is NCCCCC(CCC1CCCO1)C(=O)O. The maximum absolute atomic E-state index is 11.0. The van der Waals surface area contributed by atoms with E-state index in [1.54, 1.807) is 0 Å². The molecule has 0 saturated carbocycles. The molecule has 0 radical (unpaired) electrons. The zero-order valence-electron chi connectivity index (χ0n) is 9.86. The molecule has 3 N–H and O–H groups in total. The predicted octanol–water partition coefficient (Wildman–Crippen LogP) is 1.78. The lowest BCUT2D eigenvalue weighted by atomic mass is 9.94. The van der Waals surface area contributed by atoms with Crippen molar-refractivity contribution in [2.45, 2.75) is 51.0 Å². The molecular weight excluding hydrogens is 206 g/mol. The Balaban J connectivity index is 2.18. The van der Waals surface area contributed by atoms with E-state index in [-0.39, 0.29) is 5.92 Å². The molecule has 0 aromatic heterocycles. The van der Waals surface area contributed by atoms with Gasteiger partial charge in [-0.15, -0.1) is 0 Å². The van der Waals surface area contributed by atoms with Gasteiger partial charge in [-0.2, -0.15) is 0 Å². The van der Waals surface area contributed by atoms with Crippen LogP contribution in [0.4, 0.5) is 0 Å². The molecule has 0 amide bonds. The summed E-state index contributed by atoms with van der Waals surface area (Å²) in [6.45, 7) is 1.49. The molecule has 1 fully saturated rings. The molecule has 16 heavy (non-hydrogen) atoms. The van der Waals surface area contributed by atoms with E-state index in [4.69, 9.17) is 15.6 Å². The second-order valence-corrected chi connectivity index (χ2v) is 4.53. The van der Waals surface area contributed by atoms with Crippen LogP contribution in [0, 0.1) is 5.92 Å². The van der Waals surface area contributed by atoms with Crippen LogP contribution in [0.3, 0.4) is 0 Å². The molecule has 0 aliphatic carbocycles. The number of hydrogen-bond acceptors (Lipinski definition) is 3. The van der Waals surface area contributed by atoms with E-state index in [2.05, 4.69) is 0 Å². The Morgan fingerprint density at radius 3 is 2.81 bits per heavy atom. The third kappa shape index (κ3) is 4.94. The van der Waals surface area contributed by atoms with Crippen molar-refractivity contribution in [3.63, 3.8) is 0 Å². The van der Waals surface area contributed by atoms with Gasteiger partial charge < -0.3 is 15.6 Å². The van der Waals surface area contributed by atoms with Crippen LogP contribution in [0.1, 0.15) is 44.9 Å². The first kappa shape index (κ1) is 13.5. The van der Waals surface area contributed by atoms with Gasteiger partial charge >= 0.3 is 5.97 Å². The molecule has 4 nitrogen and oxygen atoms in total. The Bertz CT molecular complexity index is 202. The van der Waals surface area contributed by atoms with Crippen molar-refractivity contribution in [2.75, 3.05) is 13.2 Å². The lowest BCUT2D eigenvalue weighted by Crippen LogP contribution is -2.17. The largest absolute Gasteiger partial charge is 0.481 e. The molecule has 0 bridgehead atoms. The van der Waals surface area contributed by atoms with Gasteiger partial charge in [0.05, 0.1) is 12.0 Å². The van der Waals surface area contributed by atoms with Crippen LogP contribution >= 0.6 is 0 Å². The van der Waals surface area contributed by atoms with Gasteiger partial charge in [-0.3, -0.25) is 4.79 Å². The topological polar surface area (TPSA) is 72.5 Å². The summed E-state index contributed by atoms with van der Waals surface area (Å²) in [5.74, 6) is -0.884. The van der Waals surface area contributed by atoms with Gasteiger partial charge in [-0.1, -0.05) is 6.42 Å². The van der Waals surface area contributed by atoms with E-state index in [0.717, 1.165) is 51.6 Å². The normalized spacial score (nSPS) is 22.2. The Kier molecular flexibility index (Phi) is 6.42. The van der Waals surface area contributed by atoms with Crippen molar-refractivity contribution >= 4 is 5.97 Å². The summed E-state index contributed by atoms with van der Waals surface area (Å²) in [7, 11) is 0. The molecular formula is C12H23NO3. The minimum absolute atomic E-state index is 0.212. The van der Waals surface area contributed by atoms with E-state index >= 15 is 0 Å². The van der Waals surface area contributed by atoms with E-state index in [1.165, 1.54) is 0 Å². The highest BCUT2D eigenvalue weighted by Gasteiger charge is 2.21. The van der Waals surface area contributed by atoms with Crippen LogP contribution in [0.15, 0.2) is 0 Å². The average Bonchev–Trinajstić information content (AvgIpc) is 2.75. The first-order valence-electron chi connectivity index (χ1n) is 6.28. The van der Waals surface area contributed by atoms with Crippen molar-refractivity contribution < 1.29 is 14.6 Å². The number of nitrogens with two attached hydrogens (primary N) is 1. The molecule has 2 unspecified atom stereocenters. The molecule has 1 aliphatic heterocycles. The quantitative estimate of drug-likeness (QED) is 0.622. The summed E-state index contributed by atoms with van der Waals surface area (Å²) in [5, 5.41) is 9.07. The van der Waals surface area contributed by atoms with Gasteiger partial charge in [0, 0.05) is 6.61 Å². The predicted molar refractivity (Wildman–Crippen MR) is 62.2 cm³/mol. The summed E-state index contributed by atoms with van der Waals surface area (Å²) in [4.78, 5) is 11.0. The molecule has 0 aromatic carbocycles. The lowest BCUT2D eigenvalue weighted by Gasteiger charge is -2.14. The molecule has 1 heterocycles. The fraction of sp³-hybridized carbons (Fsp3) is 0.917. The first-order chi connectivity index (χ1) is 7.74. The Morgan fingerprint density at radius 2 is 2.25 bits per heavy atom. The van der Waals surface area contributed by atoms with E-state index in [0.29, 0.717) is 12.6 Å². The van der Waals surface area contributed by atoms with Gasteiger partial charge in [-0.05, 0) is 45.1 Å². The average molecular weight is 229 g/mol. The Hall–Kier alpha value is -0.610. The molecule has 4 heteroatoms. The van der Waals surface area contributed by atoms with Crippen molar-refractivity contribution in [3.05, 3.63) is 0 Å². The fourth-order valence-corrected chi connectivity index (χ4v) is 2.19. The third-order valence-electron chi connectivity index (χ3n) is 3.22. The number of rotatable bonds is 8. The van der Waals surface area contributed by atoms with Crippen molar-refractivity contribution in [3.8, 4) is 0 Å². The Labute approximate surface area is 97.2 Å². The van der Waals surface area contributed by atoms with Crippen LogP contribution < -0.4 is 5.73 Å². The number of unbranched alkanes of at least 4 members (excludes halogenated alkanes) is 1. The maximum atomic E-state index is 11.0. The van der Waals surface area contributed by atoms with Gasteiger partial charge in [0.25, 0.3) is 0 Å². The van der Waals surface area contributed by atoms with Gasteiger partial charge in [0.2, 0.25) is 0 Å². The van der Waals surface area contributed by atoms with Crippen LogP contribution in [-0.2, 0) is 9.53 Å². The van der Waals surface area contributed by atoms with E-state index in [1.807, 2.05) is 0 Å². The third-order valence-corrected chi connectivity index (χ3v) is 3.22. The summed E-state index contributed by atoms with van der Waals surface area (Å²) in [6.07, 6.45) is 6.73. The van der Waals surface area contributed by atoms with E-state index < -0.39 is 5.97 Å². The molecule has 0 spiro atoms. The fourth-order valence-electron chi connectivity index (χ4n) is 2.19. The van der Waals surface area contributed by atoms with Crippen LogP contribution in [-0.4, -0.2) is 30.3 Å². The monoisotopic (exact) mass is 229 g/mol. The minimum Gasteiger partial charge on any atom is -0.481 e. The van der Waals surface area contributed by atoms with Gasteiger partial charge in [0.15, 0.2) is 0 Å². The van der Waals surface area contributed by atoms with Crippen molar-refractivity contribution in [1.29, 1.82) is 0 Å². The maximum Gasteiger partial charge on any atom is 0.306 e. The van der Waals surface area contributed by atoms with Crippen LogP contribution in [0.5, 0.6) is 0 Å². The number of aliphatic carboxylic acids is 1. The van der Waals surface area contributed by atoms with Crippen LogP contribution in [0.2, 0.25) is 0 Å². The summed E-state index contributed by atoms with van der Waals surface area (Å²) < 4.78 is 5.50. The molecule has 1 saturated heterocycles. The zero-order valence-corrected chi connectivity index (χ0v) is 9.86. The highest BCUT2D eigenvalue weighted by molar-refractivity contribution is 5.69. The highest BCUT2D eigenvalue weighted by atomic mass is 16.5. The van der Waals surface area contributed by atoms with Crippen molar-refractivity contribution in [2.24, 2.45) is 11.7 Å². The lowest BCUT2D eigenvalue weighted by molar-refractivity contribution is -0.142. The van der Waals surface area contributed by atoms with Crippen LogP contribution in [0.25, 0.3) is 0 Å². The van der Waals surface area contributed by atoms with Gasteiger partial charge in [0.1, 0.15) is 0 Å². The molecule has 2 atom stereocenters. The smallest absolute Gasteiger partial charge is 0.306 e. The minimum atomic E-state index is -0.671. The second-order valence-electron chi connectivity index (χ2n) is 4.53. The van der Waals surface area contributed by atoms with Crippen molar-refractivity contribution in [1.82, 2.24) is 0 Å². The summed E-state index contributed by atoms with van der Waals surface area (Å²) in [6, 6.07) is 0. The molecule has 1 aliphatic rings. The second kappa shape index (κ2) is 7.63.